The Morgan fingerprint density at radius 3 is 1.33 bits per heavy atom. The van der Waals surface area contributed by atoms with Gasteiger partial charge in [0.25, 0.3) is 0 Å². The van der Waals surface area contributed by atoms with E-state index in [0.717, 1.165) is 24.5 Å². The molecule has 1 rings (SSSR count). The van der Waals surface area contributed by atoms with Crippen LogP contribution in [0.5, 0.6) is 0 Å². The van der Waals surface area contributed by atoms with Gasteiger partial charge in [0.2, 0.25) is 0 Å². The van der Waals surface area contributed by atoms with E-state index in [1.165, 1.54) is 0 Å². The second-order valence-electron chi connectivity index (χ2n) is 4.12. The fraction of sp³-hybridized carbons (Fsp3) is 0.571. The Hall–Kier alpha value is -1.26. The molecule has 0 aromatic heterocycles. The molecule has 0 atom stereocenters. The van der Waals surface area contributed by atoms with E-state index in [9.17, 15) is 0 Å². The Bertz CT molecular complexity index is 294. The Balaban J connectivity index is 2.77. The number of hydrogen-bond acceptors (Lipinski definition) is 4. The molecule has 0 heterocycles. The van der Waals surface area contributed by atoms with E-state index < -0.39 is 0 Å². The zero-order chi connectivity index (χ0) is 13.4. The highest BCUT2D eigenvalue weighted by Crippen LogP contribution is 2.20. The van der Waals surface area contributed by atoms with Gasteiger partial charge in [-0.1, -0.05) is 0 Å². The van der Waals surface area contributed by atoms with Crippen LogP contribution in [-0.2, 0) is 0 Å². The fourth-order valence-corrected chi connectivity index (χ4v) is 2.06. The molecule has 1 aromatic carbocycles. The Morgan fingerprint density at radius 1 is 0.778 bits per heavy atom. The molecule has 0 unspecified atom stereocenters. The highest BCUT2D eigenvalue weighted by molar-refractivity contribution is 5.56. The van der Waals surface area contributed by atoms with E-state index >= 15 is 0 Å². The predicted molar refractivity (Wildman–Crippen MR) is 76.4 cm³/mol. The van der Waals surface area contributed by atoms with Crippen molar-refractivity contribution < 1.29 is 10.2 Å². The first-order chi connectivity index (χ1) is 8.76. The van der Waals surface area contributed by atoms with Gasteiger partial charge in [0.1, 0.15) is 0 Å². The summed E-state index contributed by atoms with van der Waals surface area (Å²) in [5.74, 6) is 0. The molecule has 1 aromatic rings. The van der Waals surface area contributed by atoms with Gasteiger partial charge in [-0.05, 0) is 38.1 Å². The second kappa shape index (κ2) is 7.95. The van der Waals surface area contributed by atoms with Crippen LogP contribution in [0.25, 0.3) is 0 Å². The minimum absolute atomic E-state index is 0.168. The van der Waals surface area contributed by atoms with Crippen LogP contribution < -0.4 is 9.80 Å². The Kier molecular flexibility index (Phi) is 6.54. The minimum Gasteiger partial charge on any atom is -0.395 e. The monoisotopic (exact) mass is 252 g/mol. The average molecular weight is 252 g/mol. The number of aliphatic hydroxyl groups excluding tert-OH is 2. The van der Waals surface area contributed by atoms with Crippen molar-refractivity contribution in [3.05, 3.63) is 24.3 Å². The summed E-state index contributed by atoms with van der Waals surface area (Å²) < 4.78 is 0. The highest BCUT2D eigenvalue weighted by atomic mass is 16.3. The predicted octanol–water partition coefficient (Wildman–Crippen LogP) is 1.32. The average Bonchev–Trinajstić information content (AvgIpc) is 2.42. The molecule has 4 heteroatoms. The number of hydrogen-bond donors (Lipinski definition) is 2. The van der Waals surface area contributed by atoms with E-state index in [-0.39, 0.29) is 13.2 Å². The number of aliphatic hydroxyl groups is 2. The van der Waals surface area contributed by atoms with Crippen LogP contribution in [0.2, 0.25) is 0 Å². The zero-order valence-corrected chi connectivity index (χ0v) is 11.3. The molecule has 2 N–H and O–H groups in total. The molecule has 0 aliphatic heterocycles. The Labute approximate surface area is 109 Å². The van der Waals surface area contributed by atoms with E-state index in [4.69, 9.17) is 10.2 Å². The van der Waals surface area contributed by atoms with Gasteiger partial charge in [0.05, 0.1) is 13.2 Å². The first-order valence-corrected chi connectivity index (χ1v) is 6.58. The normalized spacial score (nSPS) is 10.4. The molecular formula is C14H24N2O2. The van der Waals surface area contributed by atoms with Crippen molar-refractivity contribution in [3.63, 3.8) is 0 Å². The highest BCUT2D eigenvalue weighted by Gasteiger charge is 2.06. The lowest BCUT2D eigenvalue weighted by Crippen LogP contribution is -2.27. The standard InChI is InChI=1S/C14H24N2O2/c1-3-15(9-11-17)13-5-7-14(8-6-13)16(4-2)10-12-18/h5-8,17-18H,3-4,9-12H2,1-2H3. The van der Waals surface area contributed by atoms with Gasteiger partial charge in [-0.2, -0.15) is 0 Å². The van der Waals surface area contributed by atoms with E-state index in [0.29, 0.717) is 13.1 Å². The summed E-state index contributed by atoms with van der Waals surface area (Å²) in [6.07, 6.45) is 0. The topological polar surface area (TPSA) is 46.9 Å². The molecule has 0 fully saturated rings. The summed E-state index contributed by atoms with van der Waals surface area (Å²) in [5, 5.41) is 18.0. The SMILES string of the molecule is CCN(CCO)c1ccc(N(CC)CCO)cc1. The van der Waals surface area contributed by atoms with Crippen molar-refractivity contribution in [2.24, 2.45) is 0 Å². The number of anilines is 2. The molecule has 0 saturated carbocycles. The molecule has 102 valence electrons. The third-order valence-corrected chi connectivity index (χ3v) is 3.08. The van der Waals surface area contributed by atoms with Crippen LogP contribution in [0.4, 0.5) is 11.4 Å². The first-order valence-electron chi connectivity index (χ1n) is 6.58. The van der Waals surface area contributed by atoms with Crippen molar-refractivity contribution in [2.75, 3.05) is 49.2 Å². The third kappa shape index (κ3) is 3.89. The maximum atomic E-state index is 9.00. The second-order valence-corrected chi connectivity index (χ2v) is 4.12. The zero-order valence-electron chi connectivity index (χ0n) is 11.3. The van der Waals surface area contributed by atoms with Gasteiger partial charge in [0, 0.05) is 37.6 Å². The van der Waals surface area contributed by atoms with Crippen LogP contribution >= 0.6 is 0 Å². The van der Waals surface area contributed by atoms with Gasteiger partial charge >= 0.3 is 0 Å². The molecule has 0 spiro atoms. The minimum atomic E-state index is 0.168. The molecule has 0 aliphatic rings. The van der Waals surface area contributed by atoms with Crippen molar-refractivity contribution in [3.8, 4) is 0 Å². The van der Waals surface area contributed by atoms with Crippen LogP contribution in [0.15, 0.2) is 24.3 Å². The summed E-state index contributed by atoms with van der Waals surface area (Å²) in [4.78, 5) is 4.26. The van der Waals surface area contributed by atoms with Gasteiger partial charge in [-0.3, -0.25) is 0 Å². The third-order valence-electron chi connectivity index (χ3n) is 3.08. The van der Waals surface area contributed by atoms with Crippen molar-refractivity contribution in [1.82, 2.24) is 0 Å². The fourth-order valence-electron chi connectivity index (χ4n) is 2.06. The van der Waals surface area contributed by atoms with Crippen LogP contribution in [0.3, 0.4) is 0 Å². The van der Waals surface area contributed by atoms with E-state index in [1.807, 2.05) is 0 Å². The number of benzene rings is 1. The van der Waals surface area contributed by atoms with Gasteiger partial charge in [-0.15, -0.1) is 0 Å². The summed E-state index contributed by atoms with van der Waals surface area (Å²) in [5.41, 5.74) is 2.24. The summed E-state index contributed by atoms with van der Waals surface area (Å²) >= 11 is 0. The summed E-state index contributed by atoms with van der Waals surface area (Å²) in [7, 11) is 0. The number of likely N-dealkylation sites (N-methyl/N-ethyl adjacent to an activating group) is 2. The molecule has 0 amide bonds. The number of rotatable bonds is 8. The summed E-state index contributed by atoms with van der Waals surface area (Å²) in [6.45, 7) is 7.57. The van der Waals surface area contributed by atoms with Crippen LogP contribution in [-0.4, -0.2) is 49.6 Å². The Morgan fingerprint density at radius 2 is 1.11 bits per heavy atom. The van der Waals surface area contributed by atoms with Gasteiger partial charge in [0.15, 0.2) is 0 Å². The molecule has 0 saturated heterocycles. The van der Waals surface area contributed by atoms with Crippen LogP contribution in [0.1, 0.15) is 13.8 Å². The maximum absolute atomic E-state index is 9.00. The van der Waals surface area contributed by atoms with Crippen LogP contribution in [0, 0.1) is 0 Å². The molecule has 0 radical (unpaired) electrons. The quantitative estimate of drug-likeness (QED) is 0.732. The van der Waals surface area contributed by atoms with Gasteiger partial charge in [-0.25, -0.2) is 0 Å². The molecule has 4 nitrogen and oxygen atoms in total. The lowest BCUT2D eigenvalue weighted by atomic mass is 10.2. The maximum Gasteiger partial charge on any atom is 0.0606 e. The van der Waals surface area contributed by atoms with Crippen molar-refractivity contribution in [1.29, 1.82) is 0 Å². The first kappa shape index (κ1) is 14.8. The lowest BCUT2D eigenvalue weighted by Gasteiger charge is -2.25. The van der Waals surface area contributed by atoms with Crippen molar-refractivity contribution in [2.45, 2.75) is 13.8 Å². The smallest absolute Gasteiger partial charge is 0.0606 e. The largest absolute Gasteiger partial charge is 0.395 e. The molecular weight excluding hydrogens is 228 g/mol. The van der Waals surface area contributed by atoms with Gasteiger partial charge < -0.3 is 20.0 Å². The molecule has 0 aliphatic carbocycles. The summed E-state index contributed by atoms with van der Waals surface area (Å²) in [6, 6.07) is 8.26. The molecule has 0 bridgehead atoms. The van der Waals surface area contributed by atoms with Crippen molar-refractivity contribution >= 4 is 11.4 Å². The van der Waals surface area contributed by atoms with E-state index in [1.54, 1.807) is 0 Å². The lowest BCUT2D eigenvalue weighted by molar-refractivity contribution is 0.302. The number of nitrogens with zero attached hydrogens (tertiary/aromatic N) is 2. The molecule has 18 heavy (non-hydrogen) atoms. The van der Waals surface area contributed by atoms with E-state index in [2.05, 4.69) is 47.9 Å².